The van der Waals surface area contributed by atoms with Crippen LogP contribution in [0.15, 0.2) is 48.7 Å². The molecule has 2 aromatic rings. The van der Waals surface area contributed by atoms with Crippen molar-refractivity contribution in [3.05, 3.63) is 77.1 Å². The maximum absolute atomic E-state index is 15.0. The zero-order valence-corrected chi connectivity index (χ0v) is 21.9. The molecule has 0 radical (unpaired) electrons. The Balaban J connectivity index is 1.33. The van der Waals surface area contributed by atoms with Gasteiger partial charge in [0.15, 0.2) is 6.26 Å². The molecule has 2 saturated carbocycles. The van der Waals surface area contributed by atoms with Gasteiger partial charge in [-0.15, -0.1) is 0 Å². The highest BCUT2D eigenvalue weighted by Crippen LogP contribution is 2.42. The number of halogens is 6. The first-order valence-corrected chi connectivity index (χ1v) is 13.6. The zero-order chi connectivity index (χ0) is 28.0. The van der Waals surface area contributed by atoms with E-state index in [-0.39, 0.29) is 17.6 Å². The Morgan fingerprint density at radius 2 is 1.41 bits per heavy atom. The van der Waals surface area contributed by atoms with E-state index >= 15 is 8.78 Å². The molecule has 2 aliphatic rings. The van der Waals surface area contributed by atoms with E-state index in [1.54, 1.807) is 24.3 Å². The molecule has 0 unspecified atom stereocenters. The average molecular weight is 557 g/mol. The van der Waals surface area contributed by atoms with Gasteiger partial charge in [-0.25, -0.2) is 8.78 Å². The predicted octanol–water partition coefficient (Wildman–Crippen LogP) is 9.18. The normalized spacial score (nSPS) is 23.9. The fourth-order valence-electron chi connectivity index (χ4n) is 5.77. The third-order valence-electron chi connectivity index (χ3n) is 7.86. The molecule has 0 amide bonds. The monoisotopic (exact) mass is 556 g/mol. The molecule has 9 heteroatoms. The smallest absolute Gasteiger partial charge is 0.389 e. The van der Waals surface area contributed by atoms with Crippen molar-refractivity contribution in [3.8, 4) is 5.75 Å². The minimum Gasteiger partial charge on any atom is -0.459 e. The number of hydrogen-bond donors (Lipinski definition) is 0. The van der Waals surface area contributed by atoms with Gasteiger partial charge in [0.1, 0.15) is 22.9 Å². The van der Waals surface area contributed by atoms with Crippen LogP contribution in [0, 0.1) is 17.6 Å². The third kappa shape index (κ3) is 7.78. The van der Waals surface area contributed by atoms with Gasteiger partial charge in [0, 0.05) is 13.2 Å². The maximum atomic E-state index is 15.0. The molecule has 0 spiro atoms. The Labute approximate surface area is 225 Å². The predicted molar refractivity (Wildman–Crippen MR) is 135 cm³/mol. The summed E-state index contributed by atoms with van der Waals surface area (Å²) in [5.41, 5.74) is -0.00759. The lowest BCUT2D eigenvalue weighted by atomic mass is 9.78. The largest absolute Gasteiger partial charge is 0.459 e. The highest BCUT2D eigenvalue weighted by atomic mass is 19.3. The van der Waals surface area contributed by atoms with E-state index in [1.807, 2.05) is 6.92 Å². The highest BCUT2D eigenvalue weighted by molar-refractivity contribution is 5.32. The zero-order valence-electron chi connectivity index (χ0n) is 21.9. The van der Waals surface area contributed by atoms with Gasteiger partial charge in [-0.05, 0) is 111 Å². The molecule has 0 N–H and O–H groups in total. The second-order valence-electron chi connectivity index (χ2n) is 10.4. The molecule has 3 nitrogen and oxygen atoms in total. The summed E-state index contributed by atoms with van der Waals surface area (Å²) >= 11 is 0. The standard InChI is InChI=1S/C30H34F6O3/c1-2-37-17-19-3-5-22(6-4-19)23-15-26(31)29(27(32)16-23)30(35,36)39-25-13-9-21(10-14-25)20-7-11-24(12-8-20)38-18-28(33)34/h7-8,11-12,15-16,18-19,21-22,25H,2-6,9-10,13-14,17H2,1H3. The molecule has 2 aliphatic carbocycles. The van der Waals surface area contributed by atoms with Crippen molar-refractivity contribution in [1.82, 2.24) is 0 Å². The van der Waals surface area contributed by atoms with Crippen LogP contribution < -0.4 is 4.74 Å². The summed E-state index contributed by atoms with van der Waals surface area (Å²) < 4.78 is 99.4. The van der Waals surface area contributed by atoms with Gasteiger partial charge in [-0.3, -0.25) is 0 Å². The van der Waals surface area contributed by atoms with Gasteiger partial charge < -0.3 is 14.2 Å². The van der Waals surface area contributed by atoms with Crippen LogP contribution in [0.5, 0.6) is 5.75 Å². The van der Waals surface area contributed by atoms with E-state index in [9.17, 15) is 17.6 Å². The quantitative estimate of drug-likeness (QED) is 0.216. The van der Waals surface area contributed by atoms with Crippen molar-refractivity contribution in [2.45, 2.75) is 82.3 Å². The summed E-state index contributed by atoms with van der Waals surface area (Å²) in [6, 6.07) is 8.69. The van der Waals surface area contributed by atoms with Crippen molar-refractivity contribution < 1.29 is 40.6 Å². The molecule has 214 valence electrons. The SMILES string of the molecule is CCOCC1CCC(c2cc(F)c(C(F)(F)OC3CCC(c4ccc(OC=C(F)F)cc4)CC3)c(F)c2)CC1. The van der Waals surface area contributed by atoms with Crippen LogP contribution in [0.4, 0.5) is 26.3 Å². The van der Waals surface area contributed by atoms with Gasteiger partial charge in [0.25, 0.3) is 0 Å². The summed E-state index contributed by atoms with van der Waals surface area (Å²) in [4.78, 5) is 0. The lowest BCUT2D eigenvalue weighted by molar-refractivity contribution is -0.280. The summed E-state index contributed by atoms with van der Waals surface area (Å²) in [6.07, 6.45) is -1.68. The molecule has 0 bridgehead atoms. The van der Waals surface area contributed by atoms with Gasteiger partial charge >= 0.3 is 12.2 Å². The van der Waals surface area contributed by atoms with Crippen LogP contribution in [0.25, 0.3) is 0 Å². The van der Waals surface area contributed by atoms with E-state index in [0.29, 0.717) is 56.6 Å². The fraction of sp³-hybridized carbons (Fsp3) is 0.533. The third-order valence-corrected chi connectivity index (χ3v) is 7.86. The Morgan fingerprint density at radius 3 is 1.97 bits per heavy atom. The molecular formula is C30H34F6O3. The molecule has 2 fully saturated rings. The first kappa shape index (κ1) is 29.5. The molecule has 0 atom stereocenters. The van der Waals surface area contributed by atoms with Gasteiger partial charge in [-0.2, -0.15) is 17.6 Å². The average Bonchev–Trinajstić information content (AvgIpc) is 2.91. The first-order chi connectivity index (χ1) is 18.7. The van der Waals surface area contributed by atoms with E-state index in [1.165, 1.54) is 0 Å². The molecule has 0 aliphatic heterocycles. The maximum Gasteiger partial charge on any atom is 0.389 e. The van der Waals surface area contributed by atoms with E-state index < -0.39 is 35.5 Å². The number of alkyl halides is 2. The molecule has 0 heterocycles. The van der Waals surface area contributed by atoms with Crippen LogP contribution >= 0.6 is 0 Å². The lowest BCUT2D eigenvalue weighted by Gasteiger charge is -2.32. The molecule has 0 aromatic heterocycles. The van der Waals surface area contributed by atoms with Crippen molar-refractivity contribution in [2.75, 3.05) is 13.2 Å². The van der Waals surface area contributed by atoms with Crippen LogP contribution in [-0.4, -0.2) is 19.3 Å². The highest BCUT2D eigenvalue weighted by Gasteiger charge is 2.43. The summed E-state index contributed by atoms with van der Waals surface area (Å²) in [7, 11) is 0. The summed E-state index contributed by atoms with van der Waals surface area (Å²) in [5.74, 6) is -1.92. The Kier molecular flexibility index (Phi) is 9.99. The van der Waals surface area contributed by atoms with Crippen molar-refractivity contribution in [1.29, 1.82) is 0 Å². The summed E-state index contributed by atoms with van der Waals surface area (Å²) in [5, 5.41) is 0. The fourth-order valence-corrected chi connectivity index (χ4v) is 5.77. The van der Waals surface area contributed by atoms with Gasteiger partial charge in [-0.1, -0.05) is 12.1 Å². The van der Waals surface area contributed by atoms with Crippen LogP contribution in [0.2, 0.25) is 0 Å². The van der Waals surface area contributed by atoms with Crippen molar-refractivity contribution in [3.63, 3.8) is 0 Å². The number of hydrogen-bond acceptors (Lipinski definition) is 3. The molecular weight excluding hydrogens is 522 g/mol. The van der Waals surface area contributed by atoms with Crippen LogP contribution in [0.1, 0.15) is 86.8 Å². The number of ether oxygens (including phenoxy) is 3. The lowest BCUT2D eigenvalue weighted by Crippen LogP contribution is -2.31. The Morgan fingerprint density at radius 1 is 0.846 bits per heavy atom. The minimum absolute atomic E-state index is 0.0670. The Bertz CT molecular complexity index is 1080. The topological polar surface area (TPSA) is 27.7 Å². The van der Waals surface area contributed by atoms with Gasteiger partial charge in [0.2, 0.25) is 0 Å². The molecule has 0 saturated heterocycles. The second kappa shape index (κ2) is 13.2. The number of benzene rings is 2. The Hall–Kier alpha value is -2.52. The van der Waals surface area contributed by atoms with E-state index in [0.717, 1.165) is 43.4 Å². The molecule has 2 aromatic carbocycles. The van der Waals surface area contributed by atoms with Crippen LogP contribution in [-0.2, 0) is 15.6 Å². The van der Waals surface area contributed by atoms with Crippen LogP contribution in [0.3, 0.4) is 0 Å². The van der Waals surface area contributed by atoms with Crippen molar-refractivity contribution in [2.24, 2.45) is 5.92 Å². The van der Waals surface area contributed by atoms with Crippen molar-refractivity contribution >= 4 is 0 Å². The van der Waals surface area contributed by atoms with Gasteiger partial charge in [0.05, 0.1) is 6.10 Å². The number of rotatable bonds is 10. The molecule has 4 rings (SSSR count). The minimum atomic E-state index is -4.10. The first-order valence-electron chi connectivity index (χ1n) is 13.6. The van der Waals surface area contributed by atoms with E-state index in [4.69, 9.17) is 14.2 Å². The molecule has 39 heavy (non-hydrogen) atoms. The van der Waals surface area contributed by atoms with E-state index in [2.05, 4.69) is 0 Å². The summed E-state index contributed by atoms with van der Waals surface area (Å²) in [6.45, 7) is 3.24. The second-order valence-corrected chi connectivity index (χ2v) is 10.4.